The van der Waals surface area contributed by atoms with Crippen molar-refractivity contribution < 1.29 is 15.1 Å². The van der Waals surface area contributed by atoms with Crippen LogP contribution in [0.25, 0.3) is 0 Å². The minimum atomic E-state index is -1.73. The molecule has 1 heterocycles. The van der Waals surface area contributed by atoms with Crippen LogP contribution < -0.4 is 0 Å². The number of nitro groups is 1. The van der Waals surface area contributed by atoms with Gasteiger partial charge in [0, 0.05) is 11.6 Å². The number of aromatic nitrogens is 1. The molecule has 1 aromatic rings. The molecule has 0 aliphatic heterocycles. The Hall–Kier alpha value is -1.75. The van der Waals surface area contributed by atoms with E-state index in [0.717, 1.165) is 6.07 Å². The summed E-state index contributed by atoms with van der Waals surface area (Å²) in [6.07, 6.45) is -3.36. The van der Waals surface area contributed by atoms with Gasteiger partial charge in [-0.2, -0.15) is 5.26 Å². The third-order valence-electron chi connectivity index (χ3n) is 2.11. The van der Waals surface area contributed by atoms with Crippen LogP contribution in [-0.4, -0.2) is 26.2 Å². The van der Waals surface area contributed by atoms with Crippen molar-refractivity contribution in [3.63, 3.8) is 0 Å². The molecule has 0 aliphatic rings. The summed E-state index contributed by atoms with van der Waals surface area (Å²) in [6.45, 7) is 1.39. The summed E-state index contributed by atoms with van der Waals surface area (Å²) in [4.78, 5) is 13.6. The average molecular weight is 258 g/mol. The summed E-state index contributed by atoms with van der Waals surface area (Å²) < 4.78 is 0. The van der Waals surface area contributed by atoms with E-state index >= 15 is 0 Å². The Morgan fingerprint density at radius 3 is 2.71 bits per heavy atom. The molecule has 2 N–H and O–H groups in total. The largest absolute Gasteiger partial charge is 0.384 e. The number of nitrogens with zero attached hydrogens (tertiary/aromatic N) is 3. The lowest BCUT2D eigenvalue weighted by Gasteiger charge is -2.13. The van der Waals surface area contributed by atoms with Gasteiger partial charge < -0.3 is 10.2 Å². The maximum atomic E-state index is 10.7. The lowest BCUT2D eigenvalue weighted by atomic mass is 10.1. The van der Waals surface area contributed by atoms with E-state index in [1.807, 2.05) is 0 Å². The number of pyridine rings is 1. The molecule has 0 aliphatic carbocycles. The normalized spacial score (nSPS) is 13.8. The van der Waals surface area contributed by atoms with Crippen molar-refractivity contribution in [1.29, 1.82) is 5.26 Å². The lowest BCUT2D eigenvalue weighted by molar-refractivity contribution is -0.385. The number of rotatable bonds is 3. The number of aryl methyl sites for hydroxylation is 1. The molecular weight excluding hydrogens is 250 g/mol. The van der Waals surface area contributed by atoms with Crippen LogP contribution in [0.4, 0.5) is 5.69 Å². The van der Waals surface area contributed by atoms with E-state index < -0.39 is 17.1 Å². The monoisotopic (exact) mass is 257 g/mol. The van der Waals surface area contributed by atoms with E-state index in [9.17, 15) is 15.2 Å². The van der Waals surface area contributed by atoms with Crippen LogP contribution in [0.5, 0.6) is 0 Å². The highest BCUT2D eigenvalue weighted by Gasteiger charge is 2.25. The van der Waals surface area contributed by atoms with Crippen molar-refractivity contribution in [2.24, 2.45) is 0 Å². The number of halogens is 1. The van der Waals surface area contributed by atoms with Crippen LogP contribution in [0.2, 0.25) is 5.15 Å². The molecule has 90 valence electrons. The molecule has 0 amide bonds. The minimum absolute atomic E-state index is 0.0856. The van der Waals surface area contributed by atoms with Gasteiger partial charge in [0.1, 0.15) is 17.0 Å². The van der Waals surface area contributed by atoms with E-state index in [2.05, 4.69) is 4.98 Å². The van der Waals surface area contributed by atoms with Crippen LogP contribution in [0, 0.1) is 28.4 Å². The first-order valence-electron chi connectivity index (χ1n) is 4.45. The first-order chi connectivity index (χ1) is 7.88. The highest BCUT2D eigenvalue weighted by molar-refractivity contribution is 6.30. The molecule has 2 unspecified atom stereocenters. The third-order valence-corrected chi connectivity index (χ3v) is 2.42. The molecular formula is C9H8ClN3O4. The average Bonchev–Trinajstić information content (AvgIpc) is 2.26. The van der Waals surface area contributed by atoms with Crippen molar-refractivity contribution >= 4 is 17.3 Å². The van der Waals surface area contributed by atoms with Gasteiger partial charge in [0.2, 0.25) is 0 Å². The van der Waals surface area contributed by atoms with Crippen molar-refractivity contribution in [3.8, 4) is 6.07 Å². The zero-order valence-electron chi connectivity index (χ0n) is 8.66. The van der Waals surface area contributed by atoms with Crippen molar-refractivity contribution in [2.45, 2.75) is 19.1 Å². The molecule has 17 heavy (non-hydrogen) atoms. The van der Waals surface area contributed by atoms with Crippen LogP contribution in [-0.2, 0) is 0 Å². The van der Waals surface area contributed by atoms with Crippen LogP contribution in [0.1, 0.15) is 17.4 Å². The first-order valence-corrected chi connectivity index (χ1v) is 4.83. The van der Waals surface area contributed by atoms with Gasteiger partial charge in [0.15, 0.2) is 6.10 Å². The number of hydrogen-bond acceptors (Lipinski definition) is 6. The predicted molar refractivity (Wildman–Crippen MR) is 57.2 cm³/mol. The van der Waals surface area contributed by atoms with Crippen LogP contribution in [0.15, 0.2) is 6.07 Å². The van der Waals surface area contributed by atoms with Gasteiger partial charge in [0.05, 0.1) is 11.0 Å². The third kappa shape index (κ3) is 2.68. The molecule has 0 saturated carbocycles. The Labute approximate surface area is 101 Å². The molecule has 0 fully saturated rings. The van der Waals surface area contributed by atoms with E-state index in [1.165, 1.54) is 13.0 Å². The topological polar surface area (TPSA) is 120 Å². The number of aliphatic hydroxyl groups excluding tert-OH is 2. The van der Waals surface area contributed by atoms with Crippen molar-refractivity contribution in [3.05, 3.63) is 32.6 Å². The Bertz CT molecular complexity index is 500. The Morgan fingerprint density at radius 1 is 1.65 bits per heavy atom. The van der Waals surface area contributed by atoms with E-state index in [0.29, 0.717) is 0 Å². The first kappa shape index (κ1) is 13.3. The van der Waals surface area contributed by atoms with Gasteiger partial charge in [-0.1, -0.05) is 11.6 Å². The molecule has 0 radical (unpaired) electrons. The number of hydrogen-bond donors (Lipinski definition) is 2. The Kier molecular flexibility index (Phi) is 3.96. The van der Waals surface area contributed by atoms with E-state index in [-0.39, 0.29) is 22.1 Å². The van der Waals surface area contributed by atoms with Gasteiger partial charge in [-0.05, 0) is 6.92 Å². The van der Waals surface area contributed by atoms with E-state index in [4.69, 9.17) is 22.0 Å². The fourth-order valence-electron chi connectivity index (χ4n) is 1.21. The second-order valence-electron chi connectivity index (χ2n) is 3.25. The fraction of sp³-hybridized carbons (Fsp3) is 0.333. The smallest absolute Gasteiger partial charge is 0.290 e. The van der Waals surface area contributed by atoms with Gasteiger partial charge >= 0.3 is 0 Å². The maximum Gasteiger partial charge on any atom is 0.290 e. The SMILES string of the molecule is Cc1nc(Cl)c(C(O)C(O)C#N)cc1[N+](=O)[O-]. The van der Waals surface area contributed by atoms with Gasteiger partial charge in [-0.3, -0.25) is 10.1 Å². The fourth-order valence-corrected chi connectivity index (χ4v) is 1.51. The second-order valence-corrected chi connectivity index (χ2v) is 3.61. The van der Waals surface area contributed by atoms with Crippen LogP contribution in [0.3, 0.4) is 0 Å². The minimum Gasteiger partial charge on any atom is -0.384 e. The predicted octanol–water partition coefficient (Wildman–Crippen LogP) is 0.869. The standard InChI is InChI=1S/C9H8ClN3O4/c1-4-6(13(16)17)2-5(9(10)12-4)8(15)7(14)3-11/h2,7-8,14-15H,1H3. The molecule has 7 nitrogen and oxygen atoms in total. The molecule has 0 saturated heterocycles. The summed E-state index contributed by atoms with van der Waals surface area (Å²) in [5, 5.41) is 37.6. The quantitative estimate of drug-likeness (QED) is 0.359. The number of aliphatic hydroxyl groups is 2. The second kappa shape index (κ2) is 5.05. The van der Waals surface area contributed by atoms with Crippen molar-refractivity contribution in [2.75, 3.05) is 0 Å². The highest BCUT2D eigenvalue weighted by atomic mass is 35.5. The zero-order valence-corrected chi connectivity index (χ0v) is 9.42. The van der Waals surface area contributed by atoms with Gasteiger partial charge in [-0.15, -0.1) is 0 Å². The molecule has 1 rings (SSSR count). The summed E-state index contributed by atoms with van der Waals surface area (Å²) in [7, 11) is 0. The summed E-state index contributed by atoms with van der Waals surface area (Å²) in [5.41, 5.74) is -0.408. The van der Waals surface area contributed by atoms with E-state index in [1.54, 1.807) is 0 Å². The van der Waals surface area contributed by atoms with Crippen LogP contribution >= 0.6 is 11.6 Å². The molecule has 8 heteroatoms. The molecule has 0 bridgehead atoms. The zero-order chi connectivity index (χ0) is 13.2. The lowest BCUT2D eigenvalue weighted by Crippen LogP contribution is -2.17. The Morgan fingerprint density at radius 2 is 2.24 bits per heavy atom. The highest BCUT2D eigenvalue weighted by Crippen LogP contribution is 2.29. The summed E-state index contributed by atoms with van der Waals surface area (Å²) >= 11 is 5.69. The maximum absolute atomic E-state index is 10.7. The Balaban J connectivity index is 3.30. The molecule has 1 aromatic heterocycles. The summed E-state index contributed by atoms with van der Waals surface area (Å²) in [5.74, 6) is 0. The van der Waals surface area contributed by atoms with Gasteiger partial charge in [-0.25, -0.2) is 4.98 Å². The van der Waals surface area contributed by atoms with Gasteiger partial charge in [0.25, 0.3) is 5.69 Å². The molecule has 0 aromatic carbocycles. The molecule has 0 spiro atoms. The molecule has 2 atom stereocenters. The van der Waals surface area contributed by atoms with Crippen molar-refractivity contribution in [1.82, 2.24) is 4.98 Å². The summed E-state index contributed by atoms with van der Waals surface area (Å²) in [6, 6.07) is 2.40. The number of nitriles is 1.